The highest BCUT2D eigenvalue weighted by Crippen LogP contribution is 2.37. The molecule has 1 aliphatic rings. The first-order valence-electron chi connectivity index (χ1n) is 9.01. The number of sulfone groups is 1. The molecule has 29 heavy (non-hydrogen) atoms. The van der Waals surface area contributed by atoms with Crippen LogP contribution in [0.1, 0.15) is 11.1 Å². The van der Waals surface area contributed by atoms with Gasteiger partial charge in [-0.1, -0.05) is 60.6 Å². The van der Waals surface area contributed by atoms with E-state index in [0.717, 1.165) is 39.5 Å². The Bertz CT molecular complexity index is 1250. The number of pyridine rings is 1. The number of fused-ring (bicyclic) bond motifs is 1. The molecule has 0 radical (unpaired) electrons. The quantitative estimate of drug-likeness (QED) is 0.597. The molecule has 1 aromatic heterocycles. The Morgan fingerprint density at radius 3 is 2.48 bits per heavy atom. The predicted octanol–water partition coefficient (Wildman–Crippen LogP) is 5.57. The van der Waals surface area contributed by atoms with Gasteiger partial charge in [-0.05, 0) is 35.4 Å². The average Bonchev–Trinajstić information content (AvgIpc) is 2.68. The van der Waals surface area contributed by atoms with Crippen molar-refractivity contribution < 1.29 is 8.42 Å². The van der Waals surface area contributed by atoms with Gasteiger partial charge in [0.2, 0.25) is 0 Å². The van der Waals surface area contributed by atoms with Gasteiger partial charge < -0.3 is 5.32 Å². The van der Waals surface area contributed by atoms with Crippen molar-refractivity contribution in [2.24, 2.45) is 0 Å². The van der Waals surface area contributed by atoms with Gasteiger partial charge in [0.15, 0.2) is 9.84 Å². The summed E-state index contributed by atoms with van der Waals surface area (Å²) in [7, 11) is -3.17. The van der Waals surface area contributed by atoms with Crippen LogP contribution in [0.5, 0.6) is 0 Å². The van der Waals surface area contributed by atoms with Crippen LogP contribution >= 0.6 is 11.6 Å². The number of nitrogens with one attached hydrogen (secondary N) is 1. The maximum atomic E-state index is 11.6. The highest BCUT2D eigenvalue weighted by atomic mass is 35.5. The lowest BCUT2D eigenvalue weighted by molar-refractivity contribution is 0.601. The monoisotopic (exact) mass is 422 g/mol. The summed E-state index contributed by atoms with van der Waals surface area (Å²) < 4.78 is 23.3. The maximum absolute atomic E-state index is 11.6. The molecule has 1 N–H and O–H groups in total. The van der Waals surface area contributed by atoms with E-state index in [4.69, 9.17) is 16.6 Å². The molecule has 4 rings (SSSR count). The van der Waals surface area contributed by atoms with Crippen LogP contribution in [-0.2, 0) is 15.6 Å². The van der Waals surface area contributed by atoms with Gasteiger partial charge in [-0.25, -0.2) is 13.4 Å². The molecule has 0 amide bonds. The van der Waals surface area contributed by atoms with E-state index in [1.807, 2.05) is 48.6 Å². The Morgan fingerprint density at radius 2 is 1.79 bits per heavy atom. The van der Waals surface area contributed by atoms with Gasteiger partial charge in [0.05, 0.1) is 11.4 Å². The third-order valence-electron chi connectivity index (χ3n) is 4.62. The van der Waals surface area contributed by atoms with E-state index in [9.17, 15) is 8.42 Å². The van der Waals surface area contributed by atoms with E-state index in [1.165, 1.54) is 6.26 Å². The van der Waals surface area contributed by atoms with Gasteiger partial charge in [0, 0.05) is 33.7 Å². The molecule has 0 saturated heterocycles. The number of hydrogen-bond acceptors (Lipinski definition) is 4. The smallest absolute Gasteiger partial charge is 0.151 e. The first-order chi connectivity index (χ1) is 13.8. The Labute approximate surface area is 175 Å². The van der Waals surface area contributed by atoms with E-state index >= 15 is 0 Å². The molecule has 0 spiro atoms. The maximum Gasteiger partial charge on any atom is 0.151 e. The molecule has 146 valence electrons. The van der Waals surface area contributed by atoms with E-state index in [1.54, 1.807) is 12.1 Å². The van der Waals surface area contributed by atoms with Gasteiger partial charge in [0.25, 0.3) is 0 Å². The molecule has 3 aromatic rings. The molecule has 6 heteroatoms. The second-order valence-electron chi connectivity index (χ2n) is 7.05. The lowest BCUT2D eigenvalue weighted by Crippen LogP contribution is -2.06. The summed E-state index contributed by atoms with van der Waals surface area (Å²) in [6.07, 6.45) is 5.07. The molecular weight excluding hydrogens is 404 g/mol. The second kappa shape index (κ2) is 7.50. The summed E-state index contributed by atoms with van der Waals surface area (Å²) in [4.78, 5) is 4.86. The molecule has 0 fully saturated rings. The normalized spacial score (nSPS) is 13.1. The fourth-order valence-electron chi connectivity index (χ4n) is 3.29. The minimum atomic E-state index is -3.17. The molecule has 0 saturated carbocycles. The largest absolute Gasteiger partial charge is 0.340 e. The zero-order valence-electron chi connectivity index (χ0n) is 15.8. The topological polar surface area (TPSA) is 59.1 Å². The number of benzene rings is 2. The van der Waals surface area contributed by atoms with Gasteiger partial charge >= 0.3 is 0 Å². The van der Waals surface area contributed by atoms with Crippen LogP contribution in [0.4, 0.5) is 5.82 Å². The van der Waals surface area contributed by atoms with Crippen LogP contribution in [0.3, 0.4) is 0 Å². The molecular formula is C23H19ClN2O2S. The van der Waals surface area contributed by atoms with Crippen LogP contribution in [0.2, 0.25) is 5.02 Å². The summed E-state index contributed by atoms with van der Waals surface area (Å²) in [5, 5.41) is 3.63. The van der Waals surface area contributed by atoms with Crippen molar-refractivity contribution in [3.63, 3.8) is 0 Å². The summed E-state index contributed by atoms with van der Waals surface area (Å²) >= 11 is 6.42. The number of nitrogens with zero attached hydrogens (tertiary/aromatic N) is 1. The van der Waals surface area contributed by atoms with Crippen LogP contribution in [0.25, 0.3) is 28.5 Å². The Morgan fingerprint density at radius 1 is 1.03 bits per heavy atom. The zero-order chi connectivity index (χ0) is 20.6. The standard InChI is InChI=1S/C23H19ClN2O2S/c1-15-8-9-18-12-20(17-10-11-19(21(24)13-17)14-29(2,27)28)22(26-23(18)25-15)16-6-4-3-5-7-16/h3-13H,1,14H2,2H3,(H,25,26). The van der Waals surface area contributed by atoms with Crippen LogP contribution < -0.4 is 5.32 Å². The summed E-state index contributed by atoms with van der Waals surface area (Å²) in [5.74, 6) is 0.661. The molecule has 2 aromatic carbocycles. The average molecular weight is 423 g/mol. The first-order valence-corrected chi connectivity index (χ1v) is 11.4. The van der Waals surface area contributed by atoms with Crippen molar-refractivity contribution in [1.82, 2.24) is 4.98 Å². The molecule has 0 unspecified atom stereocenters. The SMILES string of the molecule is C=C1C=Cc2cc(-c3ccc(CS(C)(=O)=O)c(Cl)c3)c(-c3ccccc3)nc2N1. The van der Waals surface area contributed by atoms with E-state index in [-0.39, 0.29) is 5.75 Å². The molecule has 0 bridgehead atoms. The van der Waals surface area contributed by atoms with Crippen molar-refractivity contribution in [2.45, 2.75) is 5.75 Å². The van der Waals surface area contributed by atoms with Gasteiger partial charge in [0.1, 0.15) is 5.82 Å². The number of halogens is 1. The number of hydrogen-bond donors (Lipinski definition) is 1. The molecule has 0 atom stereocenters. The van der Waals surface area contributed by atoms with Gasteiger partial charge in [-0.2, -0.15) is 0 Å². The fraction of sp³-hybridized carbons (Fsp3) is 0.0870. The molecule has 0 aliphatic carbocycles. The molecule has 1 aliphatic heterocycles. The highest BCUT2D eigenvalue weighted by Gasteiger charge is 2.17. The Hall–Kier alpha value is -2.89. The predicted molar refractivity (Wildman–Crippen MR) is 120 cm³/mol. The minimum Gasteiger partial charge on any atom is -0.340 e. The number of aromatic nitrogens is 1. The van der Waals surface area contributed by atoms with Crippen LogP contribution in [0.15, 0.2) is 72.9 Å². The third kappa shape index (κ3) is 4.26. The van der Waals surface area contributed by atoms with Crippen molar-refractivity contribution in [3.05, 3.63) is 89.1 Å². The Balaban J connectivity index is 1.88. The number of rotatable bonds is 4. The van der Waals surface area contributed by atoms with E-state index in [0.29, 0.717) is 10.6 Å². The van der Waals surface area contributed by atoms with Crippen molar-refractivity contribution in [3.8, 4) is 22.4 Å². The number of anilines is 1. The van der Waals surface area contributed by atoms with Crippen LogP contribution in [0, 0.1) is 0 Å². The zero-order valence-corrected chi connectivity index (χ0v) is 17.4. The second-order valence-corrected chi connectivity index (χ2v) is 9.60. The van der Waals surface area contributed by atoms with Gasteiger partial charge in [-0.3, -0.25) is 0 Å². The molecule has 4 nitrogen and oxygen atoms in total. The molecule has 2 heterocycles. The van der Waals surface area contributed by atoms with Crippen molar-refractivity contribution in [2.75, 3.05) is 11.6 Å². The lowest BCUT2D eigenvalue weighted by atomic mass is 9.96. The van der Waals surface area contributed by atoms with Crippen molar-refractivity contribution >= 4 is 33.3 Å². The van der Waals surface area contributed by atoms with E-state index in [2.05, 4.69) is 18.0 Å². The summed E-state index contributed by atoms with van der Waals surface area (Å²) in [5.41, 5.74) is 5.90. The lowest BCUT2D eigenvalue weighted by Gasteiger charge is -2.19. The minimum absolute atomic E-state index is 0.0884. The van der Waals surface area contributed by atoms with Crippen molar-refractivity contribution in [1.29, 1.82) is 0 Å². The third-order valence-corrected chi connectivity index (χ3v) is 5.81. The van der Waals surface area contributed by atoms with Crippen LogP contribution in [-0.4, -0.2) is 19.7 Å². The highest BCUT2D eigenvalue weighted by molar-refractivity contribution is 7.89. The van der Waals surface area contributed by atoms with E-state index < -0.39 is 9.84 Å². The van der Waals surface area contributed by atoms with Gasteiger partial charge in [-0.15, -0.1) is 0 Å². The number of allylic oxidation sites excluding steroid dienone is 1. The summed E-state index contributed by atoms with van der Waals surface area (Å²) in [6.45, 7) is 3.94. The fourth-order valence-corrected chi connectivity index (χ4v) is 4.43. The summed E-state index contributed by atoms with van der Waals surface area (Å²) in [6, 6.07) is 17.4. The Kier molecular flexibility index (Phi) is 5.03. The first kappa shape index (κ1) is 19.4.